The molecular formula is C17H17N3. The molecule has 0 fully saturated rings. The molecule has 20 heavy (non-hydrogen) atoms. The molecule has 1 atom stereocenters. The summed E-state index contributed by atoms with van der Waals surface area (Å²) in [4.78, 5) is 0. The van der Waals surface area contributed by atoms with Gasteiger partial charge in [-0.05, 0) is 35.7 Å². The highest BCUT2D eigenvalue weighted by Crippen LogP contribution is 2.20. The summed E-state index contributed by atoms with van der Waals surface area (Å²) in [5.74, 6) is 0. The molecule has 100 valence electrons. The second-order valence-corrected chi connectivity index (χ2v) is 5.13. The number of hydrogen-bond acceptors (Lipinski definition) is 3. The largest absolute Gasteiger partial charge is 0.383 e. The average molecular weight is 263 g/mol. The van der Waals surface area contributed by atoms with E-state index in [0.29, 0.717) is 11.6 Å². The van der Waals surface area contributed by atoms with Crippen LogP contribution in [0, 0.1) is 11.3 Å². The fourth-order valence-corrected chi connectivity index (χ4v) is 2.58. The molecule has 0 radical (unpaired) electrons. The fraction of sp³-hybridized carbons (Fsp3) is 0.235. The Balaban J connectivity index is 1.71. The minimum Gasteiger partial charge on any atom is -0.383 e. The first-order valence-electron chi connectivity index (χ1n) is 6.89. The van der Waals surface area contributed by atoms with E-state index in [4.69, 9.17) is 5.26 Å². The summed E-state index contributed by atoms with van der Waals surface area (Å²) in [5, 5.41) is 16.0. The summed E-state index contributed by atoms with van der Waals surface area (Å²) in [6, 6.07) is 18.9. The van der Waals surface area contributed by atoms with Gasteiger partial charge in [0, 0.05) is 24.8 Å². The molecule has 1 aliphatic heterocycles. The zero-order valence-corrected chi connectivity index (χ0v) is 11.3. The fourth-order valence-electron chi connectivity index (χ4n) is 2.58. The summed E-state index contributed by atoms with van der Waals surface area (Å²) in [6.45, 7) is 1.70. The molecule has 1 unspecified atom stereocenters. The molecule has 0 saturated carbocycles. The molecular weight excluding hydrogens is 246 g/mol. The maximum Gasteiger partial charge on any atom is 0.0991 e. The normalized spacial score (nSPS) is 17.4. The van der Waals surface area contributed by atoms with Gasteiger partial charge in [-0.15, -0.1) is 0 Å². The molecule has 2 aromatic rings. The maximum absolute atomic E-state index is 8.97. The van der Waals surface area contributed by atoms with E-state index in [-0.39, 0.29) is 0 Å². The van der Waals surface area contributed by atoms with Gasteiger partial charge in [0.2, 0.25) is 0 Å². The molecule has 0 amide bonds. The van der Waals surface area contributed by atoms with Crippen LogP contribution < -0.4 is 10.6 Å². The first-order chi connectivity index (χ1) is 9.85. The van der Waals surface area contributed by atoms with Crippen molar-refractivity contribution in [2.45, 2.75) is 19.0 Å². The van der Waals surface area contributed by atoms with Gasteiger partial charge in [-0.1, -0.05) is 30.3 Å². The first-order valence-corrected chi connectivity index (χ1v) is 6.89. The van der Waals surface area contributed by atoms with Crippen molar-refractivity contribution in [1.29, 1.82) is 5.26 Å². The van der Waals surface area contributed by atoms with Crippen molar-refractivity contribution in [3.8, 4) is 6.07 Å². The van der Waals surface area contributed by atoms with Crippen LogP contribution in [0.25, 0.3) is 0 Å². The third-order valence-corrected chi connectivity index (χ3v) is 3.68. The smallest absolute Gasteiger partial charge is 0.0991 e. The molecule has 1 heterocycles. The maximum atomic E-state index is 8.97. The van der Waals surface area contributed by atoms with E-state index in [1.54, 1.807) is 0 Å². The Bertz CT molecular complexity index is 628. The summed E-state index contributed by atoms with van der Waals surface area (Å²) in [5.41, 5.74) is 4.36. The highest BCUT2D eigenvalue weighted by Gasteiger charge is 2.15. The van der Waals surface area contributed by atoms with Gasteiger partial charge in [-0.25, -0.2) is 0 Å². The predicted octanol–water partition coefficient (Wildman–Crippen LogP) is 2.68. The van der Waals surface area contributed by atoms with Crippen molar-refractivity contribution in [3.05, 3.63) is 65.2 Å². The highest BCUT2D eigenvalue weighted by atomic mass is 15.0. The molecule has 0 bridgehead atoms. The van der Waals surface area contributed by atoms with Crippen molar-refractivity contribution in [3.63, 3.8) is 0 Å². The molecule has 0 spiro atoms. The van der Waals surface area contributed by atoms with Gasteiger partial charge >= 0.3 is 0 Å². The van der Waals surface area contributed by atoms with Gasteiger partial charge in [0.15, 0.2) is 0 Å². The Hall–Kier alpha value is -2.31. The van der Waals surface area contributed by atoms with E-state index in [0.717, 1.165) is 25.2 Å². The van der Waals surface area contributed by atoms with Crippen LogP contribution in [0.4, 0.5) is 5.69 Å². The van der Waals surface area contributed by atoms with E-state index in [1.807, 2.05) is 24.3 Å². The van der Waals surface area contributed by atoms with Gasteiger partial charge in [-0.2, -0.15) is 5.26 Å². The number of benzene rings is 2. The lowest BCUT2D eigenvalue weighted by Gasteiger charge is -2.15. The standard InChI is InChI=1S/C17H17N3/c18-10-14-6-7-17-15(8-14)11-19-16(12-20-17)9-13-4-2-1-3-5-13/h1-8,16,19-20H,9,11-12H2. The number of fused-ring (bicyclic) bond motifs is 1. The lowest BCUT2D eigenvalue weighted by molar-refractivity contribution is 0.537. The van der Waals surface area contributed by atoms with E-state index in [9.17, 15) is 0 Å². The zero-order chi connectivity index (χ0) is 13.8. The molecule has 2 N–H and O–H groups in total. The highest BCUT2D eigenvalue weighted by molar-refractivity contribution is 5.55. The van der Waals surface area contributed by atoms with Crippen molar-refractivity contribution >= 4 is 5.69 Å². The van der Waals surface area contributed by atoms with E-state index in [2.05, 4.69) is 41.0 Å². The number of anilines is 1. The SMILES string of the molecule is N#Cc1ccc2c(c1)CNC(Cc1ccccc1)CN2. The predicted molar refractivity (Wildman–Crippen MR) is 80.4 cm³/mol. The topological polar surface area (TPSA) is 47.9 Å². The third-order valence-electron chi connectivity index (χ3n) is 3.68. The number of hydrogen-bond donors (Lipinski definition) is 2. The first kappa shape index (κ1) is 12.7. The Kier molecular flexibility index (Phi) is 3.67. The summed E-state index contributed by atoms with van der Waals surface area (Å²) < 4.78 is 0. The van der Waals surface area contributed by atoms with Crippen LogP contribution in [0.1, 0.15) is 16.7 Å². The van der Waals surface area contributed by atoms with Crippen LogP contribution in [0.15, 0.2) is 48.5 Å². The van der Waals surface area contributed by atoms with E-state index in [1.165, 1.54) is 11.1 Å². The summed E-state index contributed by atoms with van der Waals surface area (Å²) in [7, 11) is 0. The van der Waals surface area contributed by atoms with Gasteiger partial charge in [0.1, 0.15) is 0 Å². The lowest BCUT2D eigenvalue weighted by atomic mass is 10.1. The van der Waals surface area contributed by atoms with Crippen molar-refractivity contribution < 1.29 is 0 Å². The number of rotatable bonds is 2. The van der Waals surface area contributed by atoms with Crippen LogP contribution in [0.5, 0.6) is 0 Å². The molecule has 0 saturated heterocycles. The van der Waals surface area contributed by atoms with Gasteiger partial charge in [0.25, 0.3) is 0 Å². The second kappa shape index (κ2) is 5.77. The Morgan fingerprint density at radius 3 is 2.80 bits per heavy atom. The zero-order valence-electron chi connectivity index (χ0n) is 11.3. The van der Waals surface area contributed by atoms with Crippen molar-refractivity contribution in [1.82, 2.24) is 5.32 Å². The van der Waals surface area contributed by atoms with Crippen LogP contribution in [0.2, 0.25) is 0 Å². The minimum atomic E-state index is 0.398. The molecule has 0 aromatic heterocycles. The quantitative estimate of drug-likeness (QED) is 0.875. The Labute approximate surface area is 119 Å². The minimum absolute atomic E-state index is 0.398. The summed E-state index contributed by atoms with van der Waals surface area (Å²) >= 11 is 0. The monoisotopic (exact) mass is 263 g/mol. The number of nitrogens with zero attached hydrogens (tertiary/aromatic N) is 1. The molecule has 0 aliphatic carbocycles. The molecule has 2 aromatic carbocycles. The van der Waals surface area contributed by atoms with Crippen molar-refractivity contribution in [2.24, 2.45) is 0 Å². The number of nitrogens with one attached hydrogen (secondary N) is 2. The van der Waals surface area contributed by atoms with Gasteiger partial charge in [0.05, 0.1) is 11.6 Å². The van der Waals surface area contributed by atoms with Gasteiger partial charge in [-0.3, -0.25) is 0 Å². The Morgan fingerprint density at radius 1 is 1.15 bits per heavy atom. The number of nitriles is 1. The van der Waals surface area contributed by atoms with Crippen LogP contribution >= 0.6 is 0 Å². The molecule has 3 heteroatoms. The van der Waals surface area contributed by atoms with Crippen LogP contribution in [-0.4, -0.2) is 12.6 Å². The molecule has 3 nitrogen and oxygen atoms in total. The lowest BCUT2D eigenvalue weighted by Crippen LogP contribution is -2.34. The second-order valence-electron chi connectivity index (χ2n) is 5.13. The molecule has 1 aliphatic rings. The van der Waals surface area contributed by atoms with Crippen LogP contribution in [-0.2, 0) is 13.0 Å². The van der Waals surface area contributed by atoms with E-state index >= 15 is 0 Å². The third kappa shape index (κ3) is 2.81. The van der Waals surface area contributed by atoms with Crippen LogP contribution in [0.3, 0.4) is 0 Å². The van der Waals surface area contributed by atoms with Crippen molar-refractivity contribution in [2.75, 3.05) is 11.9 Å². The summed E-state index contributed by atoms with van der Waals surface area (Å²) in [6.07, 6.45) is 1.01. The average Bonchev–Trinajstić information content (AvgIpc) is 2.70. The Morgan fingerprint density at radius 2 is 2.00 bits per heavy atom. The van der Waals surface area contributed by atoms with E-state index < -0.39 is 0 Å². The van der Waals surface area contributed by atoms with Gasteiger partial charge < -0.3 is 10.6 Å². The molecule has 3 rings (SSSR count).